The molecule has 0 N–H and O–H groups in total. The van der Waals surface area contributed by atoms with Crippen LogP contribution in [0.1, 0.15) is 41.0 Å². The molecule has 1 atom stereocenters. The second-order valence-electron chi connectivity index (χ2n) is 5.39. The lowest BCUT2D eigenvalue weighted by molar-refractivity contribution is -0.117. The van der Waals surface area contributed by atoms with Gasteiger partial charge in [0.2, 0.25) is 0 Å². The Morgan fingerprint density at radius 1 is 1.50 bits per heavy atom. The number of carbonyl (C=O) groups is 1. The van der Waals surface area contributed by atoms with Crippen molar-refractivity contribution in [2.45, 2.75) is 41.0 Å². The van der Waals surface area contributed by atoms with Crippen LogP contribution in [-0.4, -0.2) is 5.78 Å². The van der Waals surface area contributed by atoms with Gasteiger partial charge >= 0.3 is 0 Å². The number of hydrogen-bond donors (Lipinski definition) is 0. The zero-order valence-electron chi connectivity index (χ0n) is 11.0. The molecule has 1 nitrogen and oxygen atoms in total. The molecule has 1 heteroatoms. The van der Waals surface area contributed by atoms with Gasteiger partial charge in [-0.2, -0.15) is 0 Å². The van der Waals surface area contributed by atoms with Crippen LogP contribution >= 0.6 is 0 Å². The van der Waals surface area contributed by atoms with Gasteiger partial charge in [0.05, 0.1) is 0 Å². The predicted octanol–water partition coefficient (Wildman–Crippen LogP) is 4.07. The Morgan fingerprint density at radius 2 is 2.12 bits per heavy atom. The molecule has 1 aliphatic rings. The van der Waals surface area contributed by atoms with E-state index in [1.807, 2.05) is 6.92 Å². The van der Waals surface area contributed by atoms with Crippen LogP contribution in [0.2, 0.25) is 0 Å². The van der Waals surface area contributed by atoms with E-state index in [4.69, 9.17) is 0 Å². The molecule has 16 heavy (non-hydrogen) atoms. The summed E-state index contributed by atoms with van der Waals surface area (Å²) in [5.41, 5.74) is 2.49. The molecule has 0 heterocycles. The van der Waals surface area contributed by atoms with E-state index >= 15 is 0 Å². The Kier molecular flexibility index (Phi) is 3.90. The van der Waals surface area contributed by atoms with Gasteiger partial charge in [-0.25, -0.2) is 0 Å². The van der Waals surface area contributed by atoms with Crippen molar-refractivity contribution >= 4 is 5.78 Å². The first-order valence-electron chi connectivity index (χ1n) is 5.89. The van der Waals surface area contributed by atoms with Gasteiger partial charge in [0.1, 0.15) is 0 Å². The first-order valence-corrected chi connectivity index (χ1v) is 5.89. The molecule has 0 fully saturated rings. The summed E-state index contributed by atoms with van der Waals surface area (Å²) in [7, 11) is 0. The summed E-state index contributed by atoms with van der Waals surface area (Å²) in [6.45, 7) is 10.5. The largest absolute Gasteiger partial charge is 0.295 e. The molecule has 1 rings (SSSR count). The molecule has 0 aromatic carbocycles. The lowest BCUT2D eigenvalue weighted by Gasteiger charge is -2.35. The van der Waals surface area contributed by atoms with Crippen molar-refractivity contribution in [3.63, 3.8) is 0 Å². The topological polar surface area (TPSA) is 17.1 Å². The molecular weight excluding hydrogens is 196 g/mol. The number of ketones is 1. The van der Waals surface area contributed by atoms with Crippen LogP contribution in [0.15, 0.2) is 35.5 Å². The highest BCUT2D eigenvalue weighted by atomic mass is 16.1. The van der Waals surface area contributed by atoms with Crippen LogP contribution in [0.5, 0.6) is 0 Å². The molecule has 0 unspecified atom stereocenters. The van der Waals surface area contributed by atoms with Crippen molar-refractivity contribution in [1.29, 1.82) is 0 Å². The third-order valence-corrected chi connectivity index (χ3v) is 3.36. The fraction of sp³-hybridized carbons (Fsp3) is 0.533. The Balaban J connectivity index is 2.97. The quantitative estimate of drug-likeness (QED) is 0.638. The van der Waals surface area contributed by atoms with Gasteiger partial charge in [-0.1, -0.05) is 43.2 Å². The van der Waals surface area contributed by atoms with E-state index in [0.717, 1.165) is 0 Å². The zero-order chi connectivity index (χ0) is 12.3. The van der Waals surface area contributed by atoms with Crippen molar-refractivity contribution in [3.8, 4) is 0 Å². The van der Waals surface area contributed by atoms with Gasteiger partial charge in [-0.3, -0.25) is 4.79 Å². The summed E-state index contributed by atoms with van der Waals surface area (Å²) in [5, 5.41) is 0. The Bertz CT molecular complexity index is 367. The summed E-state index contributed by atoms with van der Waals surface area (Å²) in [6, 6.07) is 0. The average molecular weight is 218 g/mol. The van der Waals surface area contributed by atoms with Gasteiger partial charge < -0.3 is 0 Å². The summed E-state index contributed by atoms with van der Waals surface area (Å²) in [6.07, 6.45) is 8.92. The molecule has 1 aliphatic carbocycles. The van der Waals surface area contributed by atoms with E-state index < -0.39 is 0 Å². The SMILES string of the molecule is C/C=C(C)\C=C\[C@H]1C(C)=CC(=O)CC1(C)C. The second kappa shape index (κ2) is 4.82. The molecule has 0 bridgehead atoms. The zero-order valence-corrected chi connectivity index (χ0v) is 11.0. The standard InChI is InChI=1S/C15H22O/c1-6-11(2)7-8-14-12(3)9-13(16)10-15(14,4)5/h6-9,14H,10H2,1-5H3/b8-7+,11-6-/t14-/m0/s1. The summed E-state index contributed by atoms with van der Waals surface area (Å²) >= 11 is 0. The minimum atomic E-state index is 0.0421. The first-order chi connectivity index (χ1) is 7.36. The van der Waals surface area contributed by atoms with E-state index in [-0.39, 0.29) is 11.2 Å². The van der Waals surface area contributed by atoms with Crippen molar-refractivity contribution in [1.82, 2.24) is 0 Å². The smallest absolute Gasteiger partial charge is 0.156 e. The Labute approximate surface area is 98.9 Å². The van der Waals surface area contributed by atoms with Gasteiger partial charge in [-0.05, 0) is 32.3 Å². The highest BCUT2D eigenvalue weighted by molar-refractivity contribution is 5.92. The number of hydrogen-bond acceptors (Lipinski definition) is 1. The summed E-state index contributed by atoms with van der Waals surface area (Å²) in [5.74, 6) is 0.634. The lowest BCUT2D eigenvalue weighted by Crippen LogP contribution is -2.30. The Hall–Kier alpha value is -1.11. The van der Waals surface area contributed by atoms with Crippen molar-refractivity contribution < 1.29 is 4.79 Å². The van der Waals surface area contributed by atoms with Crippen LogP contribution in [0.3, 0.4) is 0 Å². The number of allylic oxidation sites excluding steroid dienone is 6. The maximum absolute atomic E-state index is 11.5. The van der Waals surface area contributed by atoms with E-state index in [1.54, 1.807) is 6.08 Å². The predicted molar refractivity (Wildman–Crippen MR) is 69.2 cm³/mol. The fourth-order valence-corrected chi connectivity index (χ4v) is 2.33. The molecule has 0 amide bonds. The number of rotatable bonds is 2. The van der Waals surface area contributed by atoms with Crippen LogP contribution in [-0.2, 0) is 4.79 Å². The molecule has 0 saturated heterocycles. The molecule has 0 aromatic rings. The third-order valence-electron chi connectivity index (χ3n) is 3.36. The van der Waals surface area contributed by atoms with Gasteiger partial charge in [0.15, 0.2) is 5.78 Å². The molecule has 0 spiro atoms. The van der Waals surface area contributed by atoms with Crippen molar-refractivity contribution in [3.05, 3.63) is 35.5 Å². The maximum atomic E-state index is 11.5. The Morgan fingerprint density at radius 3 is 2.62 bits per heavy atom. The molecule has 0 aromatic heterocycles. The summed E-state index contributed by atoms with van der Waals surface area (Å²) < 4.78 is 0. The van der Waals surface area contributed by atoms with Crippen molar-refractivity contribution in [2.24, 2.45) is 11.3 Å². The van der Waals surface area contributed by atoms with Crippen molar-refractivity contribution in [2.75, 3.05) is 0 Å². The van der Waals surface area contributed by atoms with Gasteiger partial charge in [0, 0.05) is 12.3 Å². The third kappa shape index (κ3) is 2.94. The highest BCUT2D eigenvalue weighted by Crippen LogP contribution is 2.40. The van der Waals surface area contributed by atoms with E-state index in [9.17, 15) is 4.79 Å². The van der Waals surface area contributed by atoms with Crippen LogP contribution < -0.4 is 0 Å². The highest BCUT2D eigenvalue weighted by Gasteiger charge is 2.34. The molecule has 0 aliphatic heterocycles. The van der Waals surface area contributed by atoms with Crippen LogP contribution in [0, 0.1) is 11.3 Å². The van der Waals surface area contributed by atoms with Crippen LogP contribution in [0.4, 0.5) is 0 Å². The first kappa shape index (κ1) is 13.0. The van der Waals surface area contributed by atoms with E-state index in [2.05, 4.69) is 45.9 Å². The molecule has 0 radical (unpaired) electrons. The monoisotopic (exact) mass is 218 g/mol. The van der Waals surface area contributed by atoms with Gasteiger partial charge in [0.25, 0.3) is 0 Å². The molecular formula is C15H22O. The maximum Gasteiger partial charge on any atom is 0.156 e. The average Bonchev–Trinajstić information content (AvgIpc) is 2.14. The van der Waals surface area contributed by atoms with Gasteiger partial charge in [-0.15, -0.1) is 0 Å². The molecule has 88 valence electrons. The minimum Gasteiger partial charge on any atom is -0.295 e. The summed E-state index contributed by atoms with van der Waals surface area (Å²) in [4.78, 5) is 11.5. The van der Waals surface area contributed by atoms with E-state index in [0.29, 0.717) is 12.3 Å². The molecule has 0 saturated carbocycles. The normalized spacial score (nSPS) is 26.1. The fourth-order valence-electron chi connectivity index (χ4n) is 2.33. The van der Waals surface area contributed by atoms with Crippen LogP contribution in [0.25, 0.3) is 0 Å². The lowest BCUT2D eigenvalue weighted by atomic mass is 9.68. The van der Waals surface area contributed by atoms with E-state index in [1.165, 1.54) is 11.1 Å². The number of carbonyl (C=O) groups excluding carboxylic acids is 1. The minimum absolute atomic E-state index is 0.0421. The second-order valence-corrected chi connectivity index (χ2v) is 5.39.